The quantitative estimate of drug-likeness (QED) is 0.696. The van der Waals surface area contributed by atoms with Crippen molar-refractivity contribution in [3.8, 4) is 0 Å². The Morgan fingerprint density at radius 3 is 2.74 bits per heavy atom. The number of nitrogens with zero attached hydrogens (tertiary/aromatic N) is 1. The maximum atomic E-state index is 12.4. The average Bonchev–Trinajstić information content (AvgIpc) is 2.43. The van der Waals surface area contributed by atoms with Crippen LogP contribution in [0, 0.1) is 5.92 Å². The SMILES string of the molecule is CCCCC(CC)CN1CCCC(NCCC)C1=O. The zero-order valence-electron chi connectivity index (χ0n) is 13.1. The van der Waals surface area contributed by atoms with Crippen molar-refractivity contribution >= 4 is 5.91 Å². The van der Waals surface area contributed by atoms with Crippen molar-refractivity contribution in [1.29, 1.82) is 0 Å². The third kappa shape index (κ3) is 5.52. The minimum absolute atomic E-state index is 0.0809. The van der Waals surface area contributed by atoms with Gasteiger partial charge in [-0.1, -0.05) is 40.0 Å². The Kier molecular flexibility index (Phi) is 8.11. The minimum atomic E-state index is 0.0809. The highest BCUT2D eigenvalue weighted by Crippen LogP contribution is 2.18. The Balaban J connectivity index is 2.44. The largest absolute Gasteiger partial charge is 0.341 e. The van der Waals surface area contributed by atoms with Gasteiger partial charge in [-0.05, 0) is 38.1 Å². The summed E-state index contributed by atoms with van der Waals surface area (Å²) in [6, 6.07) is 0.0809. The molecule has 0 saturated carbocycles. The van der Waals surface area contributed by atoms with Crippen LogP contribution in [0.1, 0.15) is 65.7 Å². The maximum Gasteiger partial charge on any atom is 0.239 e. The zero-order valence-corrected chi connectivity index (χ0v) is 13.1. The van der Waals surface area contributed by atoms with Crippen LogP contribution in [0.5, 0.6) is 0 Å². The van der Waals surface area contributed by atoms with Crippen molar-refractivity contribution in [2.24, 2.45) is 5.92 Å². The average molecular weight is 268 g/mol. The molecule has 0 bridgehead atoms. The van der Waals surface area contributed by atoms with Gasteiger partial charge in [-0.15, -0.1) is 0 Å². The first-order chi connectivity index (χ1) is 9.22. The van der Waals surface area contributed by atoms with Gasteiger partial charge in [0, 0.05) is 13.1 Å². The predicted octanol–water partition coefficient (Wildman–Crippen LogP) is 3.19. The van der Waals surface area contributed by atoms with Gasteiger partial charge in [-0.25, -0.2) is 0 Å². The van der Waals surface area contributed by atoms with Crippen molar-refractivity contribution in [1.82, 2.24) is 10.2 Å². The highest BCUT2D eigenvalue weighted by Gasteiger charge is 2.28. The molecular weight excluding hydrogens is 236 g/mol. The second kappa shape index (κ2) is 9.35. The summed E-state index contributed by atoms with van der Waals surface area (Å²) in [6.07, 6.45) is 8.26. The number of amides is 1. The number of rotatable bonds is 9. The lowest BCUT2D eigenvalue weighted by atomic mass is 9.96. The molecule has 1 rings (SSSR count). The first-order valence-electron chi connectivity index (χ1n) is 8.25. The molecule has 0 radical (unpaired) electrons. The zero-order chi connectivity index (χ0) is 14.1. The van der Waals surface area contributed by atoms with E-state index in [0.29, 0.717) is 11.8 Å². The molecule has 1 aliphatic heterocycles. The van der Waals surface area contributed by atoms with Gasteiger partial charge in [0.15, 0.2) is 0 Å². The number of carbonyl (C=O) groups is 1. The van der Waals surface area contributed by atoms with Crippen molar-refractivity contribution < 1.29 is 4.79 Å². The summed E-state index contributed by atoms with van der Waals surface area (Å²) < 4.78 is 0. The van der Waals surface area contributed by atoms with Crippen LogP contribution in [0.2, 0.25) is 0 Å². The molecule has 2 atom stereocenters. The van der Waals surface area contributed by atoms with Gasteiger partial charge in [0.25, 0.3) is 0 Å². The summed E-state index contributed by atoms with van der Waals surface area (Å²) in [5.41, 5.74) is 0. The van der Waals surface area contributed by atoms with Crippen molar-refractivity contribution in [2.75, 3.05) is 19.6 Å². The smallest absolute Gasteiger partial charge is 0.239 e. The number of nitrogens with one attached hydrogen (secondary N) is 1. The molecule has 0 aromatic carbocycles. The molecule has 1 saturated heterocycles. The fourth-order valence-corrected chi connectivity index (χ4v) is 2.86. The van der Waals surface area contributed by atoms with Crippen molar-refractivity contribution in [2.45, 2.75) is 71.8 Å². The second-order valence-corrected chi connectivity index (χ2v) is 5.85. The number of likely N-dealkylation sites (tertiary alicyclic amines) is 1. The van der Waals surface area contributed by atoms with E-state index < -0.39 is 0 Å². The lowest BCUT2D eigenvalue weighted by molar-refractivity contribution is -0.136. The normalized spacial score (nSPS) is 21.7. The highest BCUT2D eigenvalue weighted by atomic mass is 16.2. The molecule has 1 aliphatic rings. The molecule has 1 amide bonds. The number of piperidine rings is 1. The first-order valence-corrected chi connectivity index (χ1v) is 8.25. The second-order valence-electron chi connectivity index (χ2n) is 5.85. The third-order valence-electron chi connectivity index (χ3n) is 4.19. The van der Waals surface area contributed by atoms with E-state index in [1.807, 2.05) is 0 Å². The molecule has 1 N–H and O–H groups in total. The van der Waals surface area contributed by atoms with Crippen LogP contribution >= 0.6 is 0 Å². The molecule has 2 unspecified atom stereocenters. The van der Waals surface area contributed by atoms with Gasteiger partial charge in [-0.3, -0.25) is 4.79 Å². The first kappa shape index (κ1) is 16.5. The Morgan fingerprint density at radius 1 is 1.32 bits per heavy atom. The van der Waals surface area contributed by atoms with E-state index in [-0.39, 0.29) is 6.04 Å². The molecule has 112 valence electrons. The summed E-state index contributed by atoms with van der Waals surface area (Å²) in [4.78, 5) is 14.5. The van der Waals surface area contributed by atoms with E-state index in [2.05, 4.69) is 31.0 Å². The van der Waals surface area contributed by atoms with E-state index in [4.69, 9.17) is 0 Å². The van der Waals surface area contributed by atoms with Crippen LogP contribution in [0.4, 0.5) is 0 Å². The molecule has 0 aromatic heterocycles. The fraction of sp³-hybridized carbons (Fsp3) is 0.938. The summed E-state index contributed by atoms with van der Waals surface area (Å²) in [7, 11) is 0. The third-order valence-corrected chi connectivity index (χ3v) is 4.19. The minimum Gasteiger partial charge on any atom is -0.341 e. The monoisotopic (exact) mass is 268 g/mol. The molecule has 0 spiro atoms. The van der Waals surface area contributed by atoms with E-state index in [0.717, 1.165) is 38.9 Å². The maximum absolute atomic E-state index is 12.4. The van der Waals surface area contributed by atoms with Crippen LogP contribution in [-0.4, -0.2) is 36.5 Å². The highest BCUT2D eigenvalue weighted by molar-refractivity contribution is 5.82. The van der Waals surface area contributed by atoms with Crippen LogP contribution in [-0.2, 0) is 4.79 Å². The fourth-order valence-electron chi connectivity index (χ4n) is 2.86. The standard InChI is InChI=1S/C16H32N2O/c1-4-7-9-14(6-3)13-18-12-8-10-15(16(18)19)17-11-5-2/h14-15,17H,4-13H2,1-3H3. The van der Waals surface area contributed by atoms with Crippen LogP contribution < -0.4 is 5.32 Å². The Bertz CT molecular complexity index is 255. The lowest BCUT2D eigenvalue weighted by Crippen LogP contribution is -2.52. The van der Waals surface area contributed by atoms with Crippen LogP contribution in [0.25, 0.3) is 0 Å². The van der Waals surface area contributed by atoms with E-state index >= 15 is 0 Å². The molecular formula is C16H32N2O. The van der Waals surface area contributed by atoms with E-state index in [1.165, 1.54) is 25.7 Å². The summed E-state index contributed by atoms with van der Waals surface area (Å²) in [5.74, 6) is 1.03. The van der Waals surface area contributed by atoms with Gasteiger partial charge < -0.3 is 10.2 Å². The van der Waals surface area contributed by atoms with Gasteiger partial charge >= 0.3 is 0 Å². The summed E-state index contributed by atoms with van der Waals surface area (Å²) >= 11 is 0. The van der Waals surface area contributed by atoms with Gasteiger partial charge in [0.1, 0.15) is 0 Å². The molecule has 0 aliphatic carbocycles. The van der Waals surface area contributed by atoms with Crippen molar-refractivity contribution in [3.63, 3.8) is 0 Å². The molecule has 1 fully saturated rings. The number of carbonyl (C=O) groups excluding carboxylic acids is 1. The Labute approximate surface area is 119 Å². The molecule has 0 aromatic rings. The Hall–Kier alpha value is -0.570. The van der Waals surface area contributed by atoms with Crippen LogP contribution in [0.15, 0.2) is 0 Å². The number of unbranched alkanes of at least 4 members (excludes halogenated alkanes) is 1. The molecule has 19 heavy (non-hydrogen) atoms. The molecule has 3 heteroatoms. The van der Waals surface area contributed by atoms with E-state index in [9.17, 15) is 4.79 Å². The van der Waals surface area contributed by atoms with Gasteiger partial charge in [0.05, 0.1) is 6.04 Å². The number of hydrogen-bond acceptors (Lipinski definition) is 2. The molecule has 1 heterocycles. The molecule has 3 nitrogen and oxygen atoms in total. The van der Waals surface area contributed by atoms with Crippen LogP contribution in [0.3, 0.4) is 0 Å². The topological polar surface area (TPSA) is 32.3 Å². The summed E-state index contributed by atoms with van der Waals surface area (Å²) in [6.45, 7) is 9.53. The summed E-state index contributed by atoms with van der Waals surface area (Å²) in [5, 5.41) is 3.39. The lowest BCUT2D eigenvalue weighted by Gasteiger charge is -2.35. The van der Waals surface area contributed by atoms with Crippen molar-refractivity contribution in [3.05, 3.63) is 0 Å². The van der Waals surface area contributed by atoms with E-state index in [1.54, 1.807) is 0 Å². The van der Waals surface area contributed by atoms with Gasteiger partial charge in [-0.2, -0.15) is 0 Å². The number of hydrogen-bond donors (Lipinski definition) is 1. The van der Waals surface area contributed by atoms with Gasteiger partial charge in [0.2, 0.25) is 5.91 Å². The predicted molar refractivity (Wildman–Crippen MR) is 81.2 cm³/mol. The Morgan fingerprint density at radius 2 is 2.11 bits per heavy atom.